The van der Waals surface area contributed by atoms with E-state index in [2.05, 4.69) is 19.2 Å². The van der Waals surface area contributed by atoms with Crippen molar-refractivity contribution in [2.45, 2.75) is 42.5 Å². The van der Waals surface area contributed by atoms with Crippen molar-refractivity contribution in [2.24, 2.45) is 0 Å². The highest BCUT2D eigenvalue weighted by Crippen LogP contribution is 2.32. The normalized spacial score (nSPS) is 14.8. The molecule has 0 aliphatic carbocycles. The highest BCUT2D eigenvalue weighted by Gasteiger charge is 2.22. The number of furan rings is 1. The largest absolute Gasteiger partial charge is 0.459 e. The summed E-state index contributed by atoms with van der Waals surface area (Å²) in [6.45, 7) is 5.79. The molecule has 0 bridgehead atoms. The van der Waals surface area contributed by atoms with Crippen LogP contribution >= 0.6 is 0 Å². The Hall–Kier alpha value is -2.11. The van der Waals surface area contributed by atoms with Gasteiger partial charge in [0.25, 0.3) is 0 Å². The van der Waals surface area contributed by atoms with Crippen LogP contribution in [-0.2, 0) is 22.8 Å². The fourth-order valence-corrected chi connectivity index (χ4v) is 4.62. The lowest BCUT2D eigenvalue weighted by Gasteiger charge is -2.10. The molecule has 0 fully saturated rings. The van der Waals surface area contributed by atoms with Gasteiger partial charge in [0.05, 0.1) is 16.3 Å². The van der Waals surface area contributed by atoms with Crippen molar-refractivity contribution in [3.63, 3.8) is 0 Å². The van der Waals surface area contributed by atoms with Crippen LogP contribution in [0.5, 0.6) is 0 Å². The summed E-state index contributed by atoms with van der Waals surface area (Å²) >= 11 is 0. The van der Waals surface area contributed by atoms with E-state index >= 15 is 0 Å². The fourth-order valence-electron chi connectivity index (χ4n) is 3.35. The third kappa shape index (κ3) is 2.77. The van der Waals surface area contributed by atoms with Crippen LogP contribution in [0.2, 0.25) is 0 Å². The standard InChI is InChI=1S/C20H21NO3S/c1-13(2)14-3-5-15(6-4-14)25(22,23)16-7-8-17-18-9-10-21-12-20(18)24-19(17)11-16/h3-8,11,13,21H,9-10,12H2,1-2H3. The van der Waals surface area contributed by atoms with Gasteiger partial charge in [0.2, 0.25) is 9.84 Å². The molecule has 0 atom stereocenters. The molecule has 3 aromatic rings. The molecule has 2 aromatic carbocycles. The Morgan fingerprint density at radius 3 is 2.48 bits per heavy atom. The van der Waals surface area contributed by atoms with Crippen LogP contribution in [0.4, 0.5) is 0 Å². The predicted molar refractivity (Wildman–Crippen MR) is 97.6 cm³/mol. The Balaban J connectivity index is 1.77. The average Bonchev–Trinajstić information content (AvgIpc) is 2.99. The number of hydrogen-bond acceptors (Lipinski definition) is 4. The van der Waals surface area contributed by atoms with E-state index in [1.165, 1.54) is 5.56 Å². The van der Waals surface area contributed by atoms with Crippen LogP contribution in [0.3, 0.4) is 0 Å². The summed E-state index contributed by atoms with van der Waals surface area (Å²) in [7, 11) is -3.55. The number of nitrogens with one attached hydrogen (secondary N) is 1. The molecule has 0 unspecified atom stereocenters. The predicted octanol–water partition coefficient (Wildman–Crippen LogP) is 4.03. The monoisotopic (exact) mass is 355 g/mol. The first kappa shape index (κ1) is 16.4. The molecule has 25 heavy (non-hydrogen) atoms. The van der Waals surface area contributed by atoms with E-state index in [9.17, 15) is 8.42 Å². The first-order chi connectivity index (χ1) is 12.0. The summed E-state index contributed by atoms with van der Waals surface area (Å²) in [5, 5.41) is 4.29. The molecule has 2 heterocycles. The molecule has 0 radical (unpaired) electrons. The summed E-state index contributed by atoms with van der Waals surface area (Å²) in [5.41, 5.74) is 2.97. The van der Waals surface area contributed by atoms with Crippen molar-refractivity contribution in [2.75, 3.05) is 6.54 Å². The Labute approximate surface area is 147 Å². The summed E-state index contributed by atoms with van der Waals surface area (Å²) < 4.78 is 31.8. The first-order valence-electron chi connectivity index (χ1n) is 8.57. The number of benzene rings is 2. The van der Waals surface area contributed by atoms with Gasteiger partial charge in [-0.3, -0.25) is 0 Å². The van der Waals surface area contributed by atoms with Crippen molar-refractivity contribution < 1.29 is 12.8 Å². The second-order valence-corrected chi connectivity index (χ2v) is 8.77. The second-order valence-electron chi connectivity index (χ2n) is 6.82. The maximum Gasteiger partial charge on any atom is 0.206 e. The molecule has 130 valence electrons. The molecule has 1 aliphatic heterocycles. The van der Waals surface area contributed by atoms with Gasteiger partial charge in [-0.2, -0.15) is 0 Å². The van der Waals surface area contributed by atoms with E-state index in [0.29, 0.717) is 22.9 Å². The minimum absolute atomic E-state index is 0.274. The number of sulfone groups is 1. The number of fused-ring (bicyclic) bond motifs is 3. The van der Waals surface area contributed by atoms with Crippen molar-refractivity contribution in [3.8, 4) is 0 Å². The number of rotatable bonds is 3. The smallest absolute Gasteiger partial charge is 0.206 e. The third-order valence-corrected chi connectivity index (χ3v) is 6.62. The summed E-state index contributed by atoms with van der Waals surface area (Å²) in [5.74, 6) is 1.29. The van der Waals surface area contributed by atoms with Crippen LogP contribution in [0.15, 0.2) is 56.7 Å². The zero-order chi connectivity index (χ0) is 17.6. The molecule has 1 aromatic heterocycles. The lowest BCUT2D eigenvalue weighted by molar-refractivity contribution is 0.487. The van der Waals surface area contributed by atoms with Gasteiger partial charge in [-0.25, -0.2) is 8.42 Å². The average molecular weight is 355 g/mol. The molecule has 0 saturated heterocycles. The zero-order valence-electron chi connectivity index (χ0n) is 14.4. The second kappa shape index (κ2) is 6.00. The van der Waals surface area contributed by atoms with E-state index in [0.717, 1.165) is 29.7 Å². The van der Waals surface area contributed by atoms with E-state index in [1.54, 1.807) is 24.3 Å². The van der Waals surface area contributed by atoms with E-state index in [-0.39, 0.29) is 4.90 Å². The van der Waals surface area contributed by atoms with Crippen LogP contribution < -0.4 is 5.32 Å². The topological polar surface area (TPSA) is 59.3 Å². The van der Waals surface area contributed by atoms with Gasteiger partial charge in [0.1, 0.15) is 11.3 Å². The molecule has 0 amide bonds. The highest BCUT2D eigenvalue weighted by atomic mass is 32.2. The Bertz CT molecular complexity index is 1030. The van der Waals surface area contributed by atoms with Crippen molar-refractivity contribution in [3.05, 3.63) is 59.4 Å². The van der Waals surface area contributed by atoms with Crippen LogP contribution in [0.25, 0.3) is 11.0 Å². The molecule has 0 spiro atoms. The Kier molecular flexibility index (Phi) is 3.93. The van der Waals surface area contributed by atoms with Crippen LogP contribution in [-0.4, -0.2) is 15.0 Å². The summed E-state index contributed by atoms with van der Waals surface area (Å²) in [4.78, 5) is 0.589. The molecule has 4 rings (SSSR count). The lowest BCUT2D eigenvalue weighted by Crippen LogP contribution is -2.22. The Morgan fingerprint density at radius 1 is 1.04 bits per heavy atom. The maximum absolute atomic E-state index is 12.9. The SMILES string of the molecule is CC(C)c1ccc(S(=O)(=O)c2ccc3c4c(oc3c2)CNCC4)cc1. The molecular weight excluding hydrogens is 334 g/mol. The molecule has 1 aliphatic rings. The zero-order valence-corrected chi connectivity index (χ0v) is 15.2. The van der Waals surface area contributed by atoms with Crippen molar-refractivity contribution >= 4 is 20.8 Å². The third-order valence-electron chi connectivity index (χ3n) is 4.85. The minimum Gasteiger partial charge on any atom is -0.459 e. The van der Waals surface area contributed by atoms with E-state index < -0.39 is 9.84 Å². The van der Waals surface area contributed by atoms with Gasteiger partial charge < -0.3 is 9.73 Å². The van der Waals surface area contributed by atoms with Crippen molar-refractivity contribution in [1.29, 1.82) is 0 Å². The van der Waals surface area contributed by atoms with Gasteiger partial charge in [-0.1, -0.05) is 26.0 Å². The van der Waals surface area contributed by atoms with Crippen LogP contribution in [0.1, 0.15) is 36.7 Å². The van der Waals surface area contributed by atoms with Crippen LogP contribution in [0, 0.1) is 0 Å². The first-order valence-corrected chi connectivity index (χ1v) is 10.0. The Morgan fingerprint density at radius 2 is 1.76 bits per heavy atom. The summed E-state index contributed by atoms with van der Waals surface area (Å²) in [6.07, 6.45) is 0.908. The van der Waals surface area contributed by atoms with Gasteiger partial charge in [-0.15, -0.1) is 0 Å². The number of hydrogen-bond donors (Lipinski definition) is 1. The van der Waals surface area contributed by atoms with Gasteiger partial charge >= 0.3 is 0 Å². The van der Waals surface area contributed by atoms with Gasteiger partial charge in [-0.05, 0) is 48.7 Å². The molecule has 5 heteroatoms. The maximum atomic E-state index is 12.9. The molecule has 0 saturated carbocycles. The highest BCUT2D eigenvalue weighted by molar-refractivity contribution is 7.91. The molecular formula is C20H21NO3S. The lowest BCUT2D eigenvalue weighted by atomic mass is 10.0. The fraction of sp³-hybridized carbons (Fsp3) is 0.300. The molecule has 4 nitrogen and oxygen atoms in total. The quantitative estimate of drug-likeness (QED) is 0.770. The van der Waals surface area contributed by atoms with E-state index in [1.807, 2.05) is 18.2 Å². The van der Waals surface area contributed by atoms with Gasteiger partial charge in [0, 0.05) is 17.0 Å². The minimum atomic E-state index is -3.55. The summed E-state index contributed by atoms with van der Waals surface area (Å²) in [6, 6.07) is 12.3. The molecule has 1 N–H and O–H groups in total. The van der Waals surface area contributed by atoms with Crippen molar-refractivity contribution in [1.82, 2.24) is 5.32 Å². The van der Waals surface area contributed by atoms with E-state index in [4.69, 9.17) is 4.42 Å². The van der Waals surface area contributed by atoms with Gasteiger partial charge in [0.15, 0.2) is 0 Å².